The summed E-state index contributed by atoms with van der Waals surface area (Å²) >= 11 is 0. The average molecular weight is 317 g/mol. The standard InChI is InChI=1S/C19H31N3O/c1-15-5-9-18(10-6-15)16(2)13-22-19(20-3)21-11-4-12-23-14-17-7-8-17/h5-6,9-10,16-17H,4,7-8,11-14H2,1-3H3,(H2,20,21,22). The first-order valence-corrected chi connectivity index (χ1v) is 8.78. The van der Waals surface area contributed by atoms with Crippen LogP contribution in [0.4, 0.5) is 0 Å². The molecule has 1 aliphatic carbocycles. The van der Waals surface area contributed by atoms with Gasteiger partial charge >= 0.3 is 0 Å². The van der Waals surface area contributed by atoms with Crippen molar-refractivity contribution in [1.29, 1.82) is 0 Å². The summed E-state index contributed by atoms with van der Waals surface area (Å²) in [6, 6.07) is 8.74. The number of hydrogen-bond acceptors (Lipinski definition) is 2. The van der Waals surface area contributed by atoms with Gasteiger partial charge in [-0.25, -0.2) is 0 Å². The predicted molar refractivity (Wildman–Crippen MR) is 97.1 cm³/mol. The molecule has 1 aromatic rings. The van der Waals surface area contributed by atoms with Crippen LogP contribution in [-0.4, -0.2) is 39.3 Å². The summed E-state index contributed by atoms with van der Waals surface area (Å²) in [4.78, 5) is 4.28. The van der Waals surface area contributed by atoms with Crippen molar-refractivity contribution in [2.45, 2.75) is 39.0 Å². The van der Waals surface area contributed by atoms with Crippen molar-refractivity contribution in [3.63, 3.8) is 0 Å². The number of aryl methyl sites for hydroxylation is 1. The molecule has 128 valence electrons. The van der Waals surface area contributed by atoms with E-state index in [1.165, 1.54) is 24.0 Å². The number of hydrogen-bond donors (Lipinski definition) is 2. The molecule has 1 atom stereocenters. The van der Waals surface area contributed by atoms with Gasteiger partial charge in [0.15, 0.2) is 5.96 Å². The third-order valence-corrected chi connectivity index (χ3v) is 4.25. The Hall–Kier alpha value is -1.55. The summed E-state index contributed by atoms with van der Waals surface area (Å²) in [5.74, 6) is 2.17. The maximum atomic E-state index is 5.64. The molecule has 0 radical (unpaired) electrons. The Labute approximate surface area is 140 Å². The van der Waals surface area contributed by atoms with E-state index < -0.39 is 0 Å². The summed E-state index contributed by atoms with van der Waals surface area (Å²) in [6.45, 7) is 7.90. The number of aliphatic imine (C=N–C) groups is 1. The van der Waals surface area contributed by atoms with Crippen molar-refractivity contribution in [1.82, 2.24) is 10.6 Å². The number of benzene rings is 1. The largest absolute Gasteiger partial charge is 0.381 e. The van der Waals surface area contributed by atoms with E-state index in [9.17, 15) is 0 Å². The van der Waals surface area contributed by atoms with Crippen molar-refractivity contribution in [2.75, 3.05) is 33.4 Å². The lowest BCUT2D eigenvalue weighted by molar-refractivity contribution is 0.123. The number of rotatable bonds is 9. The van der Waals surface area contributed by atoms with E-state index in [4.69, 9.17) is 4.74 Å². The second-order valence-corrected chi connectivity index (χ2v) is 6.56. The Bertz CT molecular complexity index is 480. The van der Waals surface area contributed by atoms with Gasteiger partial charge < -0.3 is 15.4 Å². The zero-order chi connectivity index (χ0) is 16.5. The van der Waals surface area contributed by atoms with Crippen LogP contribution in [0.5, 0.6) is 0 Å². The molecular formula is C19H31N3O. The van der Waals surface area contributed by atoms with Crippen LogP contribution in [0.25, 0.3) is 0 Å². The molecule has 0 heterocycles. The summed E-state index contributed by atoms with van der Waals surface area (Å²) in [5, 5.41) is 6.75. The van der Waals surface area contributed by atoms with Gasteiger partial charge in [-0.1, -0.05) is 36.8 Å². The summed E-state index contributed by atoms with van der Waals surface area (Å²) in [6.07, 6.45) is 3.73. The van der Waals surface area contributed by atoms with E-state index in [1.807, 2.05) is 7.05 Å². The number of ether oxygens (including phenoxy) is 1. The zero-order valence-corrected chi connectivity index (χ0v) is 14.8. The molecule has 1 aromatic carbocycles. The van der Waals surface area contributed by atoms with Crippen LogP contribution in [-0.2, 0) is 4.74 Å². The maximum absolute atomic E-state index is 5.64. The van der Waals surface area contributed by atoms with Gasteiger partial charge in [-0.3, -0.25) is 4.99 Å². The Morgan fingerprint density at radius 1 is 1.26 bits per heavy atom. The van der Waals surface area contributed by atoms with Crippen molar-refractivity contribution in [3.05, 3.63) is 35.4 Å². The van der Waals surface area contributed by atoms with Gasteiger partial charge in [-0.15, -0.1) is 0 Å². The van der Waals surface area contributed by atoms with Gasteiger partial charge in [0.05, 0.1) is 0 Å². The lowest BCUT2D eigenvalue weighted by atomic mass is 10.0. The summed E-state index contributed by atoms with van der Waals surface area (Å²) in [5.41, 5.74) is 2.65. The highest BCUT2D eigenvalue weighted by molar-refractivity contribution is 5.79. The molecule has 23 heavy (non-hydrogen) atoms. The van der Waals surface area contributed by atoms with Crippen LogP contribution in [0.2, 0.25) is 0 Å². The van der Waals surface area contributed by atoms with Gasteiger partial charge in [0.2, 0.25) is 0 Å². The molecule has 1 fully saturated rings. The molecule has 1 aliphatic rings. The fourth-order valence-corrected chi connectivity index (χ4v) is 2.40. The van der Waals surface area contributed by atoms with Crippen LogP contribution in [0.15, 0.2) is 29.3 Å². The third-order valence-electron chi connectivity index (χ3n) is 4.25. The fraction of sp³-hybridized carbons (Fsp3) is 0.632. The molecule has 0 saturated heterocycles. The normalized spacial score (nSPS) is 16.2. The first-order valence-electron chi connectivity index (χ1n) is 8.78. The second kappa shape index (κ2) is 9.56. The first kappa shape index (κ1) is 17.8. The van der Waals surface area contributed by atoms with E-state index in [0.717, 1.165) is 44.6 Å². The van der Waals surface area contributed by atoms with Crippen molar-refractivity contribution >= 4 is 5.96 Å². The van der Waals surface area contributed by atoms with Crippen LogP contribution in [0.1, 0.15) is 43.2 Å². The predicted octanol–water partition coefficient (Wildman–Crippen LogP) is 3.08. The van der Waals surface area contributed by atoms with Crippen molar-refractivity contribution in [2.24, 2.45) is 10.9 Å². The van der Waals surface area contributed by atoms with Crippen LogP contribution in [0, 0.1) is 12.8 Å². The van der Waals surface area contributed by atoms with E-state index in [-0.39, 0.29) is 0 Å². The van der Waals surface area contributed by atoms with Gasteiger partial charge in [-0.05, 0) is 43.6 Å². The Balaban J connectivity index is 1.58. The van der Waals surface area contributed by atoms with E-state index >= 15 is 0 Å². The van der Waals surface area contributed by atoms with Gasteiger partial charge in [0.25, 0.3) is 0 Å². The average Bonchev–Trinajstić information content (AvgIpc) is 3.38. The smallest absolute Gasteiger partial charge is 0.190 e. The zero-order valence-electron chi connectivity index (χ0n) is 14.8. The van der Waals surface area contributed by atoms with Crippen LogP contribution >= 0.6 is 0 Å². The quantitative estimate of drug-likeness (QED) is 0.418. The molecular weight excluding hydrogens is 286 g/mol. The van der Waals surface area contributed by atoms with Crippen molar-refractivity contribution in [3.8, 4) is 0 Å². The fourth-order valence-electron chi connectivity index (χ4n) is 2.40. The Morgan fingerprint density at radius 3 is 2.65 bits per heavy atom. The highest BCUT2D eigenvalue weighted by atomic mass is 16.5. The number of nitrogens with zero attached hydrogens (tertiary/aromatic N) is 1. The minimum atomic E-state index is 0.455. The summed E-state index contributed by atoms with van der Waals surface area (Å²) < 4.78 is 5.64. The highest BCUT2D eigenvalue weighted by Gasteiger charge is 2.20. The number of nitrogens with one attached hydrogen (secondary N) is 2. The van der Waals surface area contributed by atoms with E-state index in [1.54, 1.807) is 0 Å². The van der Waals surface area contributed by atoms with Gasteiger partial charge in [0, 0.05) is 33.4 Å². The lowest BCUT2D eigenvalue weighted by Gasteiger charge is -2.16. The highest BCUT2D eigenvalue weighted by Crippen LogP contribution is 2.28. The number of guanidine groups is 1. The van der Waals surface area contributed by atoms with E-state index in [2.05, 4.69) is 53.7 Å². The molecule has 1 saturated carbocycles. The molecule has 1 unspecified atom stereocenters. The molecule has 0 spiro atoms. The minimum absolute atomic E-state index is 0.455. The Kier molecular flexibility index (Phi) is 7.40. The first-order chi connectivity index (χ1) is 11.2. The van der Waals surface area contributed by atoms with Crippen LogP contribution in [0.3, 0.4) is 0 Å². The molecule has 0 bridgehead atoms. The Morgan fingerprint density at radius 2 is 2.00 bits per heavy atom. The maximum Gasteiger partial charge on any atom is 0.190 e. The SMILES string of the molecule is CN=C(NCCCOCC1CC1)NCC(C)c1ccc(C)cc1. The summed E-state index contributed by atoms with van der Waals surface area (Å²) in [7, 11) is 1.81. The van der Waals surface area contributed by atoms with Crippen molar-refractivity contribution < 1.29 is 4.74 Å². The van der Waals surface area contributed by atoms with Gasteiger partial charge in [0.1, 0.15) is 0 Å². The molecule has 4 nitrogen and oxygen atoms in total. The monoisotopic (exact) mass is 317 g/mol. The second-order valence-electron chi connectivity index (χ2n) is 6.56. The topological polar surface area (TPSA) is 45.7 Å². The van der Waals surface area contributed by atoms with E-state index in [0.29, 0.717) is 5.92 Å². The van der Waals surface area contributed by atoms with Crippen LogP contribution < -0.4 is 10.6 Å². The molecule has 2 N–H and O–H groups in total. The molecule has 4 heteroatoms. The molecule has 0 aliphatic heterocycles. The third kappa shape index (κ3) is 7.04. The molecule has 0 aromatic heterocycles. The van der Waals surface area contributed by atoms with Gasteiger partial charge in [-0.2, -0.15) is 0 Å². The molecule has 0 amide bonds. The lowest BCUT2D eigenvalue weighted by Crippen LogP contribution is -2.39. The molecule has 2 rings (SSSR count). The minimum Gasteiger partial charge on any atom is -0.381 e.